The number of piperidine rings is 1. The molecule has 1 saturated heterocycles. The first-order valence-electron chi connectivity index (χ1n) is 8.42. The molecule has 1 aromatic carbocycles. The number of hydrogen-bond acceptors (Lipinski definition) is 3. The number of nitrogens with zero attached hydrogens (tertiary/aromatic N) is 1. The van der Waals surface area contributed by atoms with Crippen LogP contribution in [0.15, 0.2) is 30.4 Å². The number of aliphatic hydroxyl groups is 1. The summed E-state index contributed by atoms with van der Waals surface area (Å²) in [6.07, 6.45) is 4.95. The molecule has 130 valence electrons. The van der Waals surface area contributed by atoms with Crippen LogP contribution in [0.5, 0.6) is 0 Å². The summed E-state index contributed by atoms with van der Waals surface area (Å²) in [6, 6.07) is 5.85. The van der Waals surface area contributed by atoms with Gasteiger partial charge in [-0.3, -0.25) is 9.59 Å². The molecule has 5 heteroatoms. The van der Waals surface area contributed by atoms with E-state index in [-0.39, 0.29) is 24.3 Å². The molecule has 1 aromatic rings. The highest BCUT2D eigenvalue weighted by Gasteiger charge is 2.28. The Hall–Kier alpha value is -2.14. The Bertz CT molecular complexity index is 605. The van der Waals surface area contributed by atoms with Gasteiger partial charge in [0.15, 0.2) is 0 Å². The van der Waals surface area contributed by atoms with Crippen molar-refractivity contribution in [2.75, 3.05) is 26.2 Å². The summed E-state index contributed by atoms with van der Waals surface area (Å²) >= 11 is 0. The number of amides is 2. The molecular formula is C19H26N2O3. The topological polar surface area (TPSA) is 69.6 Å². The molecule has 1 unspecified atom stereocenters. The van der Waals surface area contributed by atoms with Crippen LogP contribution in [0, 0.1) is 19.8 Å². The Kier molecular flexibility index (Phi) is 6.55. The third-order valence-corrected chi connectivity index (χ3v) is 4.21. The van der Waals surface area contributed by atoms with E-state index in [1.165, 1.54) is 0 Å². The van der Waals surface area contributed by atoms with Crippen LogP contribution in [0.25, 0.3) is 0 Å². The van der Waals surface area contributed by atoms with E-state index in [0.29, 0.717) is 25.2 Å². The van der Waals surface area contributed by atoms with Crippen LogP contribution in [0.3, 0.4) is 0 Å². The molecule has 0 aliphatic carbocycles. The standard InChI is InChI=1S/C19H26N2O3/c1-14-10-15(2)12-17(11-14)19(24)21-8-5-6-16(13-21)18(23)20-7-3-4-9-22/h3-4,10-12,16,22H,5-9,13H2,1-2H3,(H,20,23)/b4-3+. The van der Waals surface area contributed by atoms with Crippen LogP contribution in [-0.2, 0) is 4.79 Å². The van der Waals surface area contributed by atoms with Gasteiger partial charge in [-0.1, -0.05) is 29.3 Å². The predicted octanol–water partition coefficient (Wildman–Crippen LogP) is 1.82. The van der Waals surface area contributed by atoms with E-state index in [4.69, 9.17) is 5.11 Å². The monoisotopic (exact) mass is 330 g/mol. The summed E-state index contributed by atoms with van der Waals surface area (Å²) in [5.74, 6) is -0.203. The van der Waals surface area contributed by atoms with Gasteiger partial charge in [-0.05, 0) is 38.8 Å². The third-order valence-electron chi connectivity index (χ3n) is 4.21. The zero-order valence-electron chi connectivity index (χ0n) is 14.4. The SMILES string of the molecule is Cc1cc(C)cc(C(=O)N2CCCC(C(=O)NC/C=C/CO)C2)c1. The lowest BCUT2D eigenvalue weighted by atomic mass is 9.96. The van der Waals surface area contributed by atoms with Gasteiger partial charge in [0.1, 0.15) is 0 Å². The Balaban J connectivity index is 1.98. The number of hydrogen-bond donors (Lipinski definition) is 2. The van der Waals surface area contributed by atoms with Crippen LogP contribution in [0.1, 0.15) is 34.3 Å². The van der Waals surface area contributed by atoms with Crippen LogP contribution in [-0.4, -0.2) is 48.1 Å². The molecule has 1 heterocycles. The van der Waals surface area contributed by atoms with E-state index in [1.807, 2.05) is 32.0 Å². The molecule has 2 amide bonds. The number of rotatable bonds is 5. The highest BCUT2D eigenvalue weighted by molar-refractivity contribution is 5.95. The Labute approximate surface area is 143 Å². The first kappa shape index (κ1) is 18.2. The lowest BCUT2D eigenvalue weighted by Crippen LogP contribution is -2.45. The molecule has 0 saturated carbocycles. The molecule has 1 fully saturated rings. The maximum Gasteiger partial charge on any atom is 0.253 e. The minimum absolute atomic E-state index is 0.000485. The molecule has 2 N–H and O–H groups in total. The fourth-order valence-corrected chi connectivity index (χ4v) is 3.12. The predicted molar refractivity (Wildman–Crippen MR) is 93.8 cm³/mol. The number of likely N-dealkylation sites (tertiary alicyclic amines) is 1. The lowest BCUT2D eigenvalue weighted by molar-refractivity contribution is -0.126. The maximum atomic E-state index is 12.7. The molecule has 0 aromatic heterocycles. The molecular weight excluding hydrogens is 304 g/mol. The maximum absolute atomic E-state index is 12.7. The van der Waals surface area contributed by atoms with Crippen LogP contribution in [0.4, 0.5) is 0 Å². The van der Waals surface area contributed by atoms with Crippen molar-refractivity contribution in [2.24, 2.45) is 5.92 Å². The van der Waals surface area contributed by atoms with E-state index in [0.717, 1.165) is 24.0 Å². The van der Waals surface area contributed by atoms with E-state index >= 15 is 0 Å². The summed E-state index contributed by atoms with van der Waals surface area (Å²) < 4.78 is 0. The van der Waals surface area contributed by atoms with E-state index in [2.05, 4.69) is 5.32 Å². The first-order valence-corrected chi connectivity index (χ1v) is 8.42. The molecule has 24 heavy (non-hydrogen) atoms. The average molecular weight is 330 g/mol. The molecule has 5 nitrogen and oxygen atoms in total. The minimum atomic E-state index is -0.170. The van der Waals surface area contributed by atoms with E-state index < -0.39 is 0 Å². The molecule has 1 atom stereocenters. The van der Waals surface area contributed by atoms with Crippen molar-refractivity contribution in [3.8, 4) is 0 Å². The fourth-order valence-electron chi connectivity index (χ4n) is 3.12. The van der Waals surface area contributed by atoms with Crippen molar-refractivity contribution in [3.63, 3.8) is 0 Å². The Morgan fingerprint density at radius 3 is 2.62 bits per heavy atom. The third kappa shape index (κ3) is 4.93. The average Bonchev–Trinajstić information content (AvgIpc) is 2.57. The largest absolute Gasteiger partial charge is 0.392 e. The first-order chi connectivity index (χ1) is 11.5. The van der Waals surface area contributed by atoms with E-state index in [1.54, 1.807) is 17.1 Å². The van der Waals surface area contributed by atoms with Gasteiger partial charge < -0.3 is 15.3 Å². The van der Waals surface area contributed by atoms with Gasteiger partial charge in [0.05, 0.1) is 12.5 Å². The van der Waals surface area contributed by atoms with Crippen LogP contribution < -0.4 is 5.32 Å². The van der Waals surface area contributed by atoms with E-state index in [9.17, 15) is 9.59 Å². The molecule has 1 aliphatic heterocycles. The van der Waals surface area contributed by atoms with Gasteiger partial charge in [0.2, 0.25) is 5.91 Å². The second kappa shape index (κ2) is 8.64. The van der Waals surface area contributed by atoms with Crippen LogP contribution in [0.2, 0.25) is 0 Å². The number of benzene rings is 1. The molecule has 0 bridgehead atoms. The van der Waals surface area contributed by atoms with Crippen molar-refractivity contribution in [3.05, 3.63) is 47.0 Å². The zero-order chi connectivity index (χ0) is 17.5. The lowest BCUT2D eigenvalue weighted by Gasteiger charge is -2.32. The van der Waals surface area contributed by atoms with Crippen molar-refractivity contribution in [2.45, 2.75) is 26.7 Å². The summed E-state index contributed by atoms with van der Waals surface area (Å²) in [5, 5.41) is 11.5. The minimum Gasteiger partial charge on any atom is -0.392 e. The van der Waals surface area contributed by atoms with Crippen molar-refractivity contribution in [1.29, 1.82) is 0 Å². The van der Waals surface area contributed by atoms with Gasteiger partial charge in [0.25, 0.3) is 5.91 Å². The zero-order valence-corrected chi connectivity index (χ0v) is 14.4. The van der Waals surface area contributed by atoms with Crippen molar-refractivity contribution in [1.82, 2.24) is 10.2 Å². The van der Waals surface area contributed by atoms with Gasteiger partial charge in [-0.2, -0.15) is 0 Å². The summed E-state index contributed by atoms with van der Waals surface area (Å²) in [5.41, 5.74) is 2.83. The smallest absolute Gasteiger partial charge is 0.253 e. The molecule has 0 spiro atoms. The van der Waals surface area contributed by atoms with Gasteiger partial charge >= 0.3 is 0 Å². The van der Waals surface area contributed by atoms with Crippen LogP contribution >= 0.6 is 0 Å². The number of carbonyl (C=O) groups excluding carboxylic acids is 2. The second-order valence-corrected chi connectivity index (χ2v) is 6.37. The highest BCUT2D eigenvalue weighted by atomic mass is 16.2. The van der Waals surface area contributed by atoms with Gasteiger partial charge in [-0.15, -0.1) is 0 Å². The quantitative estimate of drug-likeness (QED) is 0.809. The highest BCUT2D eigenvalue weighted by Crippen LogP contribution is 2.20. The number of carbonyl (C=O) groups is 2. The molecule has 2 rings (SSSR count). The Morgan fingerprint density at radius 2 is 1.96 bits per heavy atom. The van der Waals surface area contributed by atoms with Crippen molar-refractivity contribution < 1.29 is 14.7 Å². The second-order valence-electron chi connectivity index (χ2n) is 6.37. The van der Waals surface area contributed by atoms with Gasteiger partial charge in [0, 0.05) is 25.2 Å². The van der Waals surface area contributed by atoms with Gasteiger partial charge in [-0.25, -0.2) is 0 Å². The number of aliphatic hydroxyl groups excluding tert-OH is 1. The number of aryl methyl sites for hydroxylation is 2. The van der Waals surface area contributed by atoms with Crippen molar-refractivity contribution >= 4 is 11.8 Å². The fraction of sp³-hybridized carbons (Fsp3) is 0.474. The summed E-state index contributed by atoms with van der Waals surface area (Å²) in [7, 11) is 0. The molecule has 0 radical (unpaired) electrons. The number of nitrogens with one attached hydrogen (secondary N) is 1. The summed E-state index contributed by atoms with van der Waals surface area (Å²) in [4.78, 5) is 26.7. The molecule has 1 aliphatic rings. The Morgan fingerprint density at radius 1 is 1.25 bits per heavy atom. The summed E-state index contributed by atoms with van der Waals surface area (Å²) in [6.45, 7) is 5.49. The normalized spacial score (nSPS) is 18.0.